The molecule has 0 aliphatic rings. The summed E-state index contributed by atoms with van der Waals surface area (Å²) in [6, 6.07) is 17.6. The fourth-order valence-corrected chi connectivity index (χ4v) is 3.19. The van der Waals surface area contributed by atoms with E-state index in [0.29, 0.717) is 11.4 Å². The van der Waals surface area contributed by atoms with Gasteiger partial charge in [0.25, 0.3) is 0 Å². The van der Waals surface area contributed by atoms with Crippen LogP contribution < -0.4 is 15.8 Å². The Morgan fingerprint density at radius 1 is 0.926 bits per heavy atom. The Balaban J connectivity index is 2.22. The van der Waals surface area contributed by atoms with E-state index < -0.39 is 0 Å². The van der Waals surface area contributed by atoms with Crippen LogP contribution in [-0.2, 0) is 4.79 Å². The molecule has 27 heavy (non-hydrogen) atoms. The van der Waals surface area contributed by atoms with Crippen LogP contribution in [0.25, 0.3) is 11.1 Å². The smallest absolute Gasteiger partial charge is 0.221 e. The van der Waals surface area contributed by atoms with Crippen molar-refractivity contribution in [1.82, 2.24) is 0 Å². The molecule has 0 fully saturated rings. The Bertz CT molecular complexity index is 995. The highest BCUT2D eigenvalue weighted by molar-refractivity contribution is 5.92. The molecule has 0 heterocycles. The van der Waals surface area contributed by atoms with Gasteiger partial charge in [-0.3, -0.25) is 4.79 Å². The minimum atomic E-state index is -0.120. The topological polar surface area (TPSA) is 64.3 Å². The van der Waals surface area contributed by atoms with E-state index in [4.69, 9.17) is 10.5 Å². The van der Waals surface area contributed by atoms with Crippen LogP contribution in [0.15, 0.2) is 54.6 Å². The molecule has 0 saturated heterocycles. The van der Waals surface area contributed by atoms with Crippen molar-refractivity contribution in [1.29, 1.82) is 0 Å². The molecule has 4 nitrogen and oxygen atoms in total. The first-order valence-corrected chi connectivity index (χ1v) is 8.87. The Labute approximate surface area is 160 Å². The van der Waals surface area contributed by atoms with Crippen molar-refractivity contribution < 1.29 is 9.53 Å². The van der Waals surface area contributed by atoms with Gasteiger partial charge < -0.3 is 15.8 Å². The molecule has 3 aromatic carbocycles. The molecule has 1 amide bonds. The predicted octanol–water partition coefficient (Wildman–Crippen LogP) is 5.61. The number of nitrogen functional groups attached to an aromatic ring is 1. The zero-order valence-electron chi connectivity index (χ0n) is 16.1. The highest BCUT2D eigenvalue weighted by Gasteiger charge is 2.17. The molecule has 0 aliphatic heterocycles. The van der Waals surface area contributed by atoms with Gasteiger partial charge in [0.15, 0.2) is 0 Å². The second kappa shape index (κ2) is 7.54. The summed E-state index contributed by atoms with van der Waals surface area (Å²) in [6.07, 6.45) is 0. The summed E-state index contributed by atoms with van der Waals surface area (Å²) < 4.78 is 6.22. The maximum atomic E-state index is 11.6. The van der Waals surface area contributed by atoms with Crippen LogP contribution >= 0.6 is 0 Å². The quantitative estimate of drug-likeness (QED) is 0.594. The lowest BCUT2D eigenvalue weighted by Gasteiger charge is -2.19. The Morgan fingerprint density at radius 2 is 1.63 bits per heavy atom. The molecule has 0 bridgehead atoms. The normalized spacial score (nSPS) is 10.5. The molecule has 0 aliphatic carbocycles. The fourth-order valence-electron chi connectivity index (χ4n) is 3.19. The lowest BCUT2D eigenvalue weighted by atomic mass is 9.95. The van der Waals surface area contributed by atoms with Crippen molar-refractivity contribution in [3.05, 3.63) is 71.3 Å². The number of para-hydroxylation sites is 1. The van der Waals surface area contributed by atoms with Crippen LogP contribution in [0.5, 0.6) is 11.5 Å². The summed E-state index contributed by atoms with van der Waals surface area (Å²) >= 11 is 0. The molecule has 3 aromatic rings. The van der Waals surface area contributed by atoms with Gasteiger partial charge in [0.05, 0.1) is 0 Å². The molecule has 3 rings (SSSR count). The van der Waals surface area contributed by atoms with Gasteiger partial charge in [-0.1, -0.05) is 29.8 Å². The molecule has 0 radical (unpaired) electrons. The molecule has 0 saturated carbocycles. The molecule has 138 valence electrons. The number of benzene rings is 3. The number of carbonyl (C=O) groups excluding carboxylic acids is 1. The summed E-state index contributed by atoms with van der Waals surface area (Å²) in [6.45, 7) is 7.49. The first-order chi connectivity index (χ1) is 12.8. The van der Waals surface area contributed by atoms with Gasteiger partial charge in [-0.2, -0.15) is 0 Å². The molecule has 0 atom stereocenters. The third kappa shape index (κ3) is 4.11. The average Bonchev–Trinajstić information content (AvgIpc) is 2.60. The number of hydrogen-bond donors (Lipinski definition) is 2. The Kier molecular flexibility index (Phi) is 5.17. The van der Waals surface area contributed by atoms with Crippen molar-refractivity contribution in [3.63, 3.8) is 0 Å². The standard InChI is InChI=1S/C23H24N2O2/c1-14-10-15(2)22(24)20(11-14)21-13-18(25-17(4)26)12-16(3)23(21)27-19-8-6-5-7-9-19/h5-13H,24H2,1-4H3,(H,25,26). The van der Waals surface area contributed by atoms with Crippen molar-refractivity contribution in [3.8, 4) is 22.6 Å². The molecular formula is C23H24N2O2. The van der Waals surface area contributed by atoms with Gasteiger partial charge >= 0.3 is 0 Å². The fraction of sp³-hybridized carbons (Fsp3) is 0.174. The Hall–Kier alpha value is -3.27. The minimum Gasteiger partial charge on any atom is -0.456 e. The van der Waals surface area contributed by atoms with E-state index in [1.165, 1.54) is 6.92 Å². The number of hydrogen-bond acceptors (Lipinski definition) is 3. The van der Waals surface area contributed by atoms with E-state index in [1.807, 2.05) is 69.3 Å². The first-order valence-electron chi connectivity index (χ1n) is 8.87. The van der Waals surface area contributed by atoms with E-state index >= 15 is 0 Å². The number of rotatable bonds is 4. The first kappa shape index (κ1) is 18.5. The van der Waals surface area contributed by atoms with Crippen LogP contribution in [0.3, 0.4) is 0 Å². The van der Waals surface area contributed by atoms with Crippen molar-refractivity contribution >= 4 is 17.3 Å². The van der Waals surface area contributed by atoms with E-state index in [1.54, 1.807) is 0 Å². The lowest BCUT2D eigenvalue weighted by molar-refractivity contribution is -0.114. The van der Waals surface area contributed by atoms with Crippen molar-refractivity contribution in [2.45, 2.75) is 27.7 Å². The van der Waals surface area contributed by atoms with Gasteiger partial charge in [0, 0.05) is 29.4 Å². The average molecular weight is 360 g/mol. The minimum absolute atomic E-state index is 0.120. The van der Waals surface area contributed by atoms with Crippen molar-refractivity contribution in [2.75, 3.05) is 11.1 Å². The van der Waals surface area contributed by atoms with E-state index in [-0.39, 0.29) is 5.91 Å². The highest BCUT2D eigenvalue weighted by atomic mass is 16.5. The SMILES string of the molecule is CC(=O)Nc1cc(C)c(Oc2ccccc2)c(-c2cc(C)cc(C)c2N)c1. The second-order valence-corrected chi connectivity index (χ2v) is 6.81. The number of nitrogens with two attached hydrogens (primary N) is 1. The van der Waals surface area contributed by atoms with Crippen LogP contribution in [0.2, 0.25) is 0 Å². The number of carbonyl (C=O) groups is 1. The van der Waals surface area contributed by atoms with Gasteiger partial charge in [-0.15, -0.1) is 0 Å². The maximum absolute atomic E-state index is 11.6. The predicted molar refractivity (Wildman–Crippen MR) is 111 cm³/mol. The lowest BCUT2D eigenvalue weighted by Crippen LogP contribution is -2.07. The molecule has 4 heteroatoms. The molecule has 0 spiro atoms. The summed E-state index contributed by atoms with van der Waals surface area (Å²) in [5, 5.41) is 2.86. The van der Waals surface area contributed by atoms with Gasteiger partial charge in [-0.25, -0.2) is 0 Å². The van der Waals surface area contributed by atoms with Crippen LogP contribution in [0.4, 0.5) is 11.4 Å². The number of anilines is 2. The third-order valence-corrected chi connectivity index (χ3v) is 4.38. The third-order valence-electron chi connectivity index (χ3n) is 4.38. The molecule has 0 aromatic heterocycles. The van der Waals surface area contributed by atoms with Crippen LogP contribution in [-0.4, -0.2) is 5.91 Å². The van der Waals surface area contributed by atoms with Gasteiger partial charge in [0.1, 0.15) is 11.5 Å². The number of amides is 1. The highest BCUT2D eigenvalue weighted by Crippen LogP contribution is 2.42. The molecular weight excluding hydrogens is 336 g/mol. The number of nitrogens with one attached hydrogen (secondary N) is 1. The van der Waals surface area contributed by atoms with E-state index in [9.17, 15) is 4.79 Å². The summed E-state index contributed by atoms with van der Waals surface area (Å²) in [7, 11) is 0. The zero-order chi connectivity index (χ0) is 19.6. The number of ether oxygens (including phenoxy) is 1. The van der Waals surface area contributed by atoms with E-state index in [2.05, 4.69) is 11.4 Å². The largest absolute Gasteiger partial charge is 0.456 e. The van der Waals surface area contributed by atoms with Gasteiger partial charge in [0.2, 0.25) is 5.91 Å². The Morgan fingerprint density at radius 3 is 2.30 bits per heavy atom. The maximum Gasteiger partial charge on any atom is 0.221 e. The zero-order valence-corrected chi connectivity index (χ0v) is 16.1. The van der Waals surface area contributed by atoms with Gasteiger partial charge in [-0.05, 0) is 62.2 Å². The van der Waals surface area contributed by atoms with Crippen LogP contribution in [0, 0.1) is 20.8 Å². The van der Waals surface area contributed by atoms with Crippen molar-refractivity contribution in [2.24, 2.45) is 0 Å². The summed E-state index contributed by atoms with van der Waals surface area (Å²) in [5.74, 6) is 1.36. The second-order valence-electron chi connectivity index (χ2n) is 6.81. The van der Waals surface area contributed by atoms with E-state index in [0.717, 1.165) is 39.3 Å². The monoisotopic (exact) mass is 360 g/mol. The summed E-state index contributed by atoms with van der Waals surface area (Å²) in [4.78, 5) is 11.6. The molecule has 0 unspecified atom stereocenters. The molecule has 3 N–H and O–H groups in total. The number of aryl methyl sites for hydroxylation is 3. The van der Waals surface area contributed by atoms with Crippen LogP contribution in [0.1, 0.15) is 23.6 Å². The summed E-state index contributed by atoms with van der Waals surface area (Å²) in [5.41, 5.74) is 12.6.